The van der Waals surface area contributed by atoms with Crippen LogP contribution < -0.4 is 9.80 Å². The van der Waals surface area contributed by atoms with Crippen molar-refractivity contribution in [3.05, 3.63) is 162 Å². The molecular weight excluding hydrogens is 532 g/mol. The fourth-order valence-electron chi connectivity index (χ4n) is 5.90. The molecule has 0 saturated carbocycles. The van der Waals surface area contributed by atoms with Crippen LogP contribution >= 0.6 is 0 Å². The Balaban J connectivity index is 1.29. The Bertz CT molecular complexity index is 1710. The lowest BCUT2D eigenvalue weighted by atomic mass is 10.0. The lowest BCUT2D eigenvalue weighted by Crippen LogP contribution is -2.17. The third-order valence-corrected chi connectivity index (χ3v) is 8.51. The topological polar surface area (TPSA) is 6.48 Å². The van der Waals surface area contributed by atoms with Crippen LogP contribution in [-0.2, 0) is 0 Å². The molecule has 0 saturated heterocycles. The van der Waals surface area contributed by atoms with Crippen LogP contribution in [0.3, 0.4) is 0 Å². The summed E-state index contributed by atoms with van der Waals surface area (Å²) in [4.78, 5) is 4.73. The summed E-state index contributed by atoms with van der Waals surface area (Å²) in [6.45, 7) is 8.97. The van der Waals surface area contributed by atoms with Gasteiger partial charge in [-0.05, 0) is 114 Å². The molecule has 5 aromatic rings. The molecular formula is C42H42N2. The van der Waals surface area contributed by atoms with Crippen molar-refractivity contribution in [1.82, 2.24) is 0 Å². The van der Waals surface area contributed by atoms with Crippen LogP contribution in [0.5, 0.6) is 0 Å². The fourth-order valence-corrected chi connectivity index (χ4v) is 5.90. The number of rotatable bonds is 9. The quantitative estimate of drug-likeness (QED) is 0.173. The summed E-state index contributed by atoms with van der Waals surface area (Å²) < 4.78 is 0. The molecule has 0 radical (unpaired) electrons. The molecule has 0 spiro atoms. The van der Waals surface area contributed by atoms with Crippen molar-refractivity contribution in [1.29, 1.82) is 0 Å². The molecule has 220 valence electrons. The molecule has 2 nitrogen and oxygen atoms in total. The van der Waals surface area contributed by atoms with Gasteiger partial charge in [0.15, 0.2) is 0 Å². The largest absolute Gasteiger partial charge is 0.314 e. The maximum absolute atomic E-state index is 2.41. The van der Waals surface area contributed by atoms with Crippen LogP contribution in [0.1, 0.15) is 63.5 Å². The molecule has 0 unspecified atom stereocenters. The minimum absolute atomic E-state index is 0.508. The molecule has 6 rings (SSSR count). The van der Waals surface area contributed by atoms with Crippen molar-refractivity contribution in [3.63, 3.8) is 0 Å². The highest BCUT2D eigenvalue weighted by atomic mass is 15.2. The first-order chi connectivity index (χ1) is 21.5. The molecule has 5 aromatic carbocycles. The van der Waals surface area contributed by atoms with Crippen LogP contribution in [0.15, 0.2) is 151 Å². The minimum atomic E-state index is 0.508. The van der Waals surface area contributed by atoms with Gasteiger partial charge in [0.25, 0.3) is 0 Å². The number of allylic oxidation sites excluding steroid dienone is 4. The number of para-hydroxylation sites is 1. The molecule has 2 heteroatoms. The van der Waals surface area contributed by atoms with Gasteiger partial charge in [0.1, 0.15) is 0 Å². The maximum atomic E-state index is 2.41. The summed E-state index contributed by atoms with van der Waals surface area (Å²) in [5.74, 6) is 1.03. The Morgan fingerprint density at radius 1 is 0.455 bits per heavy atom. The molecule has 0 aliphatic heterocycles. The van der Waals surface area contributed by atoms with Gasteiger partial charge in [-0.15, -0.1) is 0 Å². The summed E-state index contributed by atoms with van der Waals surface area (Å²) in [6, 6.07) is 46.5. The van der Waals surface area contributed by atoms with E-state index in [-0.39, 0.29) is 0 Å². The fraction of sp³-hybridized carbons (Fsp3) is 0.190. The van der Waals surface area contributed by atoms with Gasteiger partial charge >= 0.3 is 0 Å². The zero-order valence-corrected chi connectivity index (χ0v) is 26.3. The highest BCUT2D eigenvalue weighted by molar-refractivity contribution is 5.79. The van der Waals surface area contributed by atoms with E-state index >= 15 is 0 Å². The molecule has 1 aliphatic rings. The molecule has 1 aliphatic carbocycles. The molecule has 0 fully saturated rings. The van der Waals surface area contributed by atoms with Crippen molar-refractivity contribution in [2.75, 3.05) is 9.80 Å². The average molecular weight is 575 g/mol. The predicted molar refractivity (Wildman–Crippen MR) is 190 cm³/mol. The van der Waals surface area contributed by atoms with Gasteiger partial charge in [-0.25, -0.2) is 0 Å². The first-order valence-corrected chi connectivity index (χ1v) is 15.9. The van der Waals surface area contributed by atoms with Crippen LogP contribution in [0.2, 0.25) is 0 Å². The first kappa shape index (κ1) is 29.3. The molecule has 0 aromatic heterocycles. The van der Waals surface area contributed by atoms with Crippen LogP contribution in [0, 0.1) is 0 Å². The monoisotopic (exact) mass is 574 g/mol. The van der Waals surface area contributed by atoms with Gasteiger partial charge < -0.3 is 9.80 Å². The van der Waals surface area contributed by atoms with Crippen LogP contribution in [-0.4, -0.2) is 0 Å². The van der Waals surface area contributed by atoms with Gasteiger partial charge in [-0.1, -0.05) is 107 Å². The summed E-state index contributed by atoms with van der Waals surface area (Å²) >= 11 is 0. The normalized spacial score (nSPS) is 12.8. The molecule has 0 N–H and O–H groups in total. The molecule has 0 heterocycles. The van der Waals surface area contributed by atoms with Crippen LogP contribution in [0.4, 0.5) is 28.4 Å². The number of anilines is 5. The van der Waals surface area contributed by atoms with E-state index in [4.69, 9.17) is 0 Å². The number of hydrogen-bond acceptors (Lipinski definition) is 2. The van der Waals surface area contributed by atoms with Crippen molar-refractivity contribution >= 4 is 28.4 Å². The van der Waals surface area contributed by atoms with Crippen molar-refractivity contribution in [3.8, 4) is 11.1 Å². The molecule has 44 heavy (non-hydrogen) atoms. The Morgan fingerprint density at radius 2 is 0.864 bits per heavy atom. The third kappa shape index (κ3) is 6.40. The summed E-state index contributed by atoms with van der Waals surface area (Å²) in [7, 11) is 0. The standard InChI is InChI=1S/C42H42N2/c1-31(2)33-15-23-39(24-16-33)43(37-11-7-5-8-12-37)41-27-19-35(20-28-41)36-21-29-42(30-22-36)44(38-13-9-6-10-14-38)40-25-17-34(18-26-40)32(3)4/h5-9,11-13,15-32H,10,14H2,1-4H3. The summed E-state index contributed by atoms with van der Waals surface area (Å²) in [6.07, 6.45) is 8.78. The second-order valence-corrected chi connectivity index (χ2v) is 12.2. The molecule has 0 amide bonds. The zero-order chi connectivity index (χ0) is 30.5. The predicted octanol–water partition coefficient (Wildman–Crippen LogP) is 12.4. The van der Waals surface area contributed by atoms with E-state index in [0.29, 0.717) is 11.8 Å². The lowest BCUT2D eigenvalue weighted by Gasteiger charge is -2.29. The van der Waals surface area contributed by atoms with Crippen molar-refractivity contribution in [2.45, 2.75) is 52.4 Å². The second kappa shape index (κ2) is 13.2. The van der Waals surface area contributed by atoms with E-state index < -0.39 is 0 Å². The average Bonchev–Trinajstić information content (AvgIpc) is 3.07. The Hall–Kier alpha value is -4.82. The molecule has 0 atom stereocenters. The van der Waals surface area contributed by atoms with Crippen LogP contribution in [0.25, 0.3) is 11.1 Å². The van der Waals surface area contributed by atoms with E-state index in [1.165, 1.54) is 39.3 Å². The number of benzene rings is 5. The number of nitrogens with zero attached hydrogens (tertiary/aromatic N) is 2. The van der Waals surface area contributed by atoms with Gasteiger partial charge in [0.2, 0.25) is 0 Å². The highest BCUT2D eigenvalue weighted by Crippen LogP contribution is 2.38. The SMILES string of the molecule is CC(C)c1ccc(N(C2=CC=CCC2)c2ccc(-c3ccc(N(c4ccccc4)c4ccc(C(C)C)cc4)cc3)cc2)cc1. The lowest BCUT2D eigenvalue weighted by molar-refractivity contribution is 0.865. The van der Waals surface area contributed by atoms with E-state index in [0.717, 1.165) is 29.9 Å². The van der Waals surface area contributed by atoms with Gasteiger partial charge in [0.05, 0.1) is 0 Å². The van der Waals surface area contributed by atoms with Gasteiger partial charge in [-0.3, -0.25) is 0 Å². The molecule has 0 bridgehead atoms. The first-order valence-electron chi connectivity index (χ1n) is 15.9. The highest BCUT2D eigenvalue weighted by Gasteiger charge is 2.17. The third-order valence-electron chi connectivity index (χ3n) is 8.51. The Kier molecular flexibility index (Phi) is 8.79. The van der Waals surface area contributed by atoms with E-state index in [9.17, 15) is 0 Å². The number of hydrogen-bond donors (Lipinski definition) is 0. The van der Waals surface area contributed by atoms with E-state index in [2.05, 4.69) is 183 Å². The summed E-state index contributed by atoms with van der Waals surface area (Å²) in [5, 5.41) is 0. The Labute approximate surface area is 263 Å². The van der Waals surface area contributed by atoms with E-state index in [1.807, 2.05) is 0 Å². The van der Waals surface area contributed by atoms with Crippen molar-refractivity contribution in [2.24, 2.45) is 0 Å². The second-order valence-electron chi connectivity index (χ2n) is 12.2. The van der Waals surface area contributed by atoms with E-state index in [1.54, 1.807) is 0 Å². The Morgan fingerprint density at radius 3 is 1.27 bits per heavy atom. The minimum Gasteiger partial charge on any atom is -0.314 e. The van der Waals surface area contributed by atoms with Gasteiger partial charge in [-0.2, -0.15) is 0 Å². The summed E-state index contributed by atoms with van der Waals surface area (Å²) in [5.41, 5.74) is 12.3. The smallest absolute Gasteiger partial charge is 0.0462 e. The van der Waals surface area contributed by atoms with Gasteiger partial charge in [0, 0.05) is 34.1 Å². The van der Waals surface area contributed by atoms with Crippen molar-refractivity contribution < 1.29 is 0 Å². The maximum Gasteiger partial charge on any atom is 0.0462 e. The zero-order valence-electron chi connectivity index (χ0n) is 26.3.